The Hall–Kier alpha value is -1.18. The molecule has 70 valence electrons. The topological polar surface area (TPSA) is 49.8 Å². The molecule has 2 N–H and O–H groups in total. The Kier molecular flexibility index (Phi) is 2.36. The van der Waals surface area contributed by atoms with Crippen LogP contribution in [-0.2, 0) is 6.42 Å². The number of thiol groups is 1. The van der Waals surface area contributed by atoms with Crippen molar-refractivity contribution in [3.05, 3.63) is 23.8 Å². The molecule has 0 atom stereocenters. The number of thiophene rings is 1. The molecule has 0 fully saturated rings. The maximum atomic E-state index is 8.57. The van der Waals surface area contributed by atoms with Crippen LogP contribution in [0.25, 0.3) is 10.1 Å². The lowest BCUT2D eigenvalue weighted by Crippen LogP contribution is -1.79. The second-order valence-electron chi connectivity index (χ2n) is 2.98. The second kappa shape index (κ2) is 3.52. The van der Waals surface area contributed by atoms with Gasteiger partial charge < -0.3 is 5.73 Å². The summed E-state index contributed by atoms with van der Waals surface area (Å²) in [6.07, 6.45) is 0.440. The lowest BCUT2D eigenvalue weighted by atomic mass is 10.1. The minimum atomic E-state index is 0.440. The summed E-state index contributed by atoms with van der Waals surface area (Å²) in [5.41, 5.74) is 6.78. The number of hydrogen-bond acceptors (Lipinski definition) is 4. The summed E-state index contributed by atoms with van der Waals surface area (Å²) in [4.78, 5) is 0.841. The Morgan fingerprint density at radius 1 is 1.50 bits per heavy atom. The van der Waals surface area contributed by atoms with E-state index >= 15 is 0 Å². The summed E-state index contributed by atoms with van der Waals surface area (Å²) in [6.45, 7) is 0. The van der Waals surface area contributed by atoms with E-state index in [1.165, 1.54) is 11.3 Å². The number of anilines is 1. The predicted octanol–water partition coefficient (Wildman–Crippen LogP) is 2.84. The zero-order valence-corrected chi connectivity index (χ0v) is 9.03. The van der Waals surface area contributed by atoms with Crippen molar-refractivity contribution in [1.82, 2.24) is 0 Å². The number of nitrogens with two attached hydrogens (primary N) is 1. The molecule has 0 spiro atoms. The third-order valence-electron chi connectivity index (χ3n) is 2.04. The molecule has 2 rings (SSSR count). The van der Waals surface area contributed by atoms with Gasteiger partial charge in [-0.15, -0.1) is 24.0 Å². The molecule has 0 unspecified atom stereocenters. The van der Waals surface area contributed by atoms with Crippen molar-refractivity contribution in [3.63, 3.8) is 0 Å². The number of fused-ring (bicyclic) bond motifs is 1. The van der Waals surface area contributed by atoms with Gasteiger partial charge in [0.05, 0.1) is 12.5 Å². The average molecular weight is 220 g/mol. The zero-order valence-electron chi connectivity index (χ0n) is 7.32. The summed E-state index contributed by atoms with van der Waals surface area (Å²) in [7, 11) is 0. The lowest BCUT2D eigenvalue weighted by molar-refractivity contribution is 1.27. The SMILES string of the molecule is N#CCc1ccc2c(S)c(N)sc2c1. The van der Waals surface area contributed by atoms with Gasteiger partial charge in [-0.25, -0.2) is 0 Å². The summed E-state index contributed by atoms with van der Waals surface area (Å²) in [6, 6.07) is 8.04. The van der Waals surface area contributed by atoms with Gasteiger partial charge in [-0.2, -0.15) is 5.26 Å². The summed E-state index contributed by atoms with van der Waals surface area (Å²) >= 11 is 5.83. The molecule has 0 radical (unpaired) electrons. The molecule has 1 heterocycles. The van der Waals surface area contributed by atoms with Gasteiger partial charge in [-0.3, -0.25) is 0 Å². The van der Waals surface area contributed by atoms with Crippen molar-refractivity contribution in [1.29, 1.82) is 5.26 Å². The molecule has 0 amide bonds. The molecule has 4 heteroatoms. The molecular weight excluding hydrogens is 212 g/mol. The van der Waals surface area contributed by atoms with Crippen LogP contribution in [0.3, 0.4) is 0 Å². The van der Waals surface area contributed by atoms with Gasteiger partial charge in [-0.05, 0) is 11.6 Å². The van der Waals surface area contributed by atoms with Gasteiger partial charge >= 0.3 is 0 Å². The van der Waals surface area contributed by atoms with Crippen LogP contribution >= 0.6 is 24.0 Å². The highest BCUT2D eigenvalue weighted by molar-refractivity contribution is 7.81. The predicted molar refractivity (Wildman–Crippen MR) is 62.8 cm³/mol. The highest BCUT2D eigenvalue weighted by Gasteiger charge is 2.06. The van der Waals surface area contributed by atoms with Crippen molar-refractivity contribution in [2.45, 2.75) is 11.3 Å². The Labute approximate surface area is 91.4 Å². The van der Waals surface area contributed by atoms with Gasteiger partial charge in [0.25, 0.3) is 0 Å². The van der Waals surface area contributed by atoms with E-state index in [1.54, 1.807) is 0 Å². The van der Waals surface area contributed by atoms with Crippen LogP contribution in [-0.4, -0.2) is 0 Å². The average Bonchev–Trinajstić information content (AvgIpc) is 2.43. The van der Waals surface area contributed by atoms with Gasteiger partial charge in [0, 0.05) is 15.0 Å². The van der Waals surface area contributed by atoms with Gasteiger partial charge in [-0.1, -0.05) is 12.1 Å². The molecule has 0 saturated carbocycles. The fraction of sp³-hybridized carbons (Fsp3) is 0.100. The Morgan fingerprint density at radius 3 is 3.00 bits per heavy atom. The Balaban J connectivity index is 2.63. The molecule has 1 aromatic heterocycles. The van der Waals surface area contributed by atoms with E-state index in [2.05, 4.69) is 18.7 Å². The first kappa shape index (κ1) is 9.38. The van der Waals surface area contributed by atoms with E-state index in [1.807, 2.05) is 18.2 Å². The fourth-order valence-corrected chi connectivity index (χ4v) is 2.69. The molecule has 2 aromatic rings. The molecule has 1 aromatic carbocycles. The molecule has 0 aliphatic heterocycles. The van der Waals surface area contributed by atoms with Crippen molar-refractivity contribution in [3.8, 4) is 6.07 Å². The van der Waals surface area contributed by atoms with E-state index in [9.17, 15) is 0 Å². The van der Waals surface area contributed by atoms with Crippen LogP contribution in [0.1, 0.15) is 5.56 Å². The van der Waals surface area contributed by atoms with Crippen molar-refractivity contribution in [2.24, 2.45) is 0 Å². The molecule has 0 aliphatic rings. The van der Waals surface area contributed by atoms with Gasteiger partial charge in [0.15, 0.2) is 0 Å². The number of nitrogens with zero attached hydrogens (tertiary/aromatic N) is 1. The van der Waals surface area contributed by atoms with E-state index in [4.69, 9.17) is 11.0 Å². The maximum Gasteiger partial charge on any atom is 0.100 e. The molecule has 0 saturated heterocycles. The van der Waals surface area contributed by atoms with Crippen LogP contribution < -0.4 is 5.73 Å². The van der Waals surface area contributed by atoms with Crippen LogP contribution in [0.5, 0.6) is 0 Å². The highest BCUT2D eigenvalue weighted by atomic mass is 32.1. The molecule has 0 aliphatic carbocycles. The number of rotatable bonds is 1. The first-order chi connectivity index (χ1) is 6.72. The standard InChI is InChI=1S/C10H8N2S2/c11-4-3-6-1-2-7-8(5-6)14-10(12)9(7)13/h1-2,5,13H,3,12H2. The van der Waals surface area contributed by atoms with Crippen molar-refractivity contribution in [2.75, 3.05) is 5.73 Å². The first-order valence-corrected chi connectivity index (χ1v) is 5.35. The van der Waals surface area contributed by atoms with Crippen LogP contribution in [0.15, 0.2) is 23.1 Å². The second-order valence-corrected chi connectivity index (χ2v) is 4.51. The minimum Gasteiger partial charge on any atom is -0.390 e. The Morgan fingerprint density at radius 2 is 2.29 bits per heavy atom. The number of benzene rings is 1. The quantitative estimate of drug-likeness (QED) is 0.726. The smallest absolute Gasteiger partial charge is 0.100 e. The van der Waals surface area contributed by atoms with E-state index in [0.29, 0.717) is 6.42 Å². The summed E-state index contributed by atoms with van der Waals surface area (Å²) in [5, 5.41) is 10.4. The van der Waals surface area contributed by atoms with Crippen LogP contribution in [0.2, 0.25) is 0 Å². The van der Waals surface area contributed by atoms with E-state index < -0.39 is 0 Å². The van der Waals surface area contributed by atoms with E-state index in [-0.39, 0.29) is 0 Å². The van der Waals surface area contributed by atoms with E-state index in [0.717, 1.165) is 25.5 Å². The summed E-state index contributed by atoms with van der Waals surface area (Å²) in [5.74, 6) is 0. The Bertz CT molecular complexity index is 523. The fourth-order valence-electron chi connectivity index (χ4n) is 1.35. The van der Waals surface area contributed by atoms with Crippen molar-refractivity contribution >= 4 is 39.1 Å². The van der Waals surface area contributed by atoms with Crippen LogP contribution in [0, 0.1) is 11.3 Å². The lowest BCUT2D eigenvalue weighted by Gasteiger charge is -1.94. The van der Waals surface area contributed by atoms with Crippen LogP contribution in [0.4, 0.5) is 5.00 Å². The third-order valence-corrected chi connectivity index (χ3v) is 3.65. The number of hydrogen-bond donors (Lipinski definition) is 2. The zero-order chi connectivity index (χ0) is 10.1. The maximum absolute atomic E-state index is 8.57. The highest BCUT2D eigenvalue weighted by Crippen LogP contribution is 2.36. The molecule has 0 bridgehead atoms. The number of nitrogen functional groups attached to an aromatic ring is 1. The third kappa shape index (κ3) is 1.45. The number of nitriles is 1. The van der Waals surface area contributed by atoms with Gasteiger partial charge in [0.2, 0.25) is 0 Å². The normalized spacial score (nSPS) is 10.3. The first-order valence-electron chi connectivity index (χ1n) is 4.09. The minimum absolute atomic E-state index is 0.440. The largest absolute Gasteiger partial charge is 0.390 e. The molecular formula is C10H8N2S2. The monoisotopic (exact) mass is 220 g/mol. The van der Waals surface area contributed by atoms with Crippen molar-refractivity contribution < 1.29 is 0 Å². The molecule has 14 heavy (non-hydrogen) atoms. The van der Waals surface area contributed by atoms with Gasteiger partial charge in [0.1, 0.15) is 5.00 Å². The molecule has 2 nitrogen and oxygen atoms in total. The summed E-state index contributed by atoms with van der Waals surface area (Å²) < 4.78 is 1.10.